The van der Waals surface area contributed by atoms with E-state index in [0.717, 1.165) is 44.7 Å². The molecule has 0 amide bonds. The molecular weight excluding hydrogens is 536 g/mol. The van der Waals surface area contributed by atoms with Gasteiger partial charge in [-0.15, -0.1) is 0 Å². The number of nitriles is 1. The zero-order chi connectivity index (χ0) is 30.1. The number of aryl methyl sites for hydroxylation is 4. The van der Waals surface area contributed by atoms with Gasteiger partial charge in [-0.05, 0) is 86.3 Å². The maximum absolute atomic E-state index is 10.2. The third kappa shape index (κ3) is 3.87. The molecule has 3 heterocycles. The van der Waals surface area contributed by atoms with Crippen molar-refractivity contribution in [3.8, 4) is 28.7 Å². The number of rotatable bonds is 3. The molecule has 8 rings (SSSR count). The predicted octanol–water partition coefficient (Wildman–Crippen LogP) is 10.0. The summed E-state index contributed by atoms with van der Waals surface area (Å²) in [6.45, 7) is 8.52. The molecule has 0 aliphatic heterocycles. The summed E-state index contributed by atoms with van der Waals surface area (Å²) in [7, 11) is 0. The smallest absolute Gasteiger partial charge is 0.138 e. The standard InChI is InChI=1S/C40H30N4/c1-24-9-13-30-31-14-10-25(2)18-36(31)43(35(30)17-24)39-23-42-40(21-34(39)29-8-6-5-7-28(29)22-41)44-37-19-26(3)11-15-32(37)33-16-12-27(4)20-38(33)44/h5-21,23H,1-4H3. The van der Waals surface area contributed by atoms with E-state index in [2.05, 4.69) is 122 Å². The molecule has 8 aromatic rings. The van der Waals surface area contributed by atoms with Gasteiger partial charge in [0.2, 0.25) is 0 Å². The molecule has 0 aliphatic carbocycles. The average molecular weight is 567 g/mol. The first-order chi connectivity index (χ1) is 21.4. The van der Waals surface area contributed by atoms with Crippen molar-refractivity contribution >= 4 is 43.6 Å². The largest absolute Gasteiger partial charge is 0.307 e. The SMILES string of the molecule is Cc1ccc2c3ccc(C)cc3n(-c3cc(-c4ccccc4C#N)c(-n4c5cc(C)ccc5c5ccc(C)cc54)cn3)c2c1. The summed E-state index contributed by atoms with van der Waals surface area (Å²) in [5.41, 5.74) is 12.7. The van der Waals surface area contributed by atoms with Gasteiger partial charge in [0.15, 0.2) is 0 Å². The third-order valence-corrected chi connectivity index (χ3v) is 8.83. The van der Waals surface area contributed by atoms with E-state index in [-0.39, 0.29) is 0 Å². The minimum atomic E-state index is 0.632. The van der Waals surface area contributed by atoms with E-state index in [9.17, 15) is 5.26 Å². The van der Waals surface area contributed by atoms with Crippen LogP contribution in [0.4, 0.5) is 0 Å². The second kappa shape index (κ2) is 9.69. The Kier molecular flexibility index (Phi) is 5.73. The van der Waals surface area contributed by atoms with Crippen LogP contribution in [0.25, 0.3) is 66.2 Å². The summed E-state index contributed by atoms with van der Waals surface area (Å²) in [6, 6.07) is 39.0. The fourth-order valence-electron chi connectivity index (χ4n) is 6.75. The monoisotopic (exact) mass is 566 g/mol. The highest BCUT2D eigenvalue weighted by Gasteiger charge is 2.21. The summed E-state index contributed by atoms with van der Waals surface area (Å²) in [4.78, 5) is 5.20. The van der Waals surface area contributed by atoms with Crippen LogP contribution in [0, 0.1) is 39.0 Å². The highest BCUT2D eigenvalue weighted by Crippen LogP contribution is 2.40. The Labute approximate surface area is 256 Å². The van der Waals surface area contributed by atoms with Gasteiger partial charge in [0.1, 0.15) is 5.82 Å². The minimum Gasteiger partial charge on any atom is -0.307 e. The molecule has 0 bridgehead atoms. The zero-order valence-corrected chi connectivity index (χ0v) is 25.2. The van der Waals surface area contributed by atoms with Crippen LogP contribution >= 0.6 is 0 Å². The molecule has 0 atom stereocenters. The van der Waals surface area contributed by atoms with E-state index in [1.807, 2.05) is 30.5 Å². The molecule has 0 aliphatic rings. The van der Waals surface area contributed by atoms with Crippen LogP contribution in [0.15, 0.2) is 109 Å². The van der Waals surface area contributed by atoms with Gasteiger partial charge < -0.3 is 4.57 Å². The lowest BCUT2D eigenvalue weighted by Gasteiger charge is -2.17. The molecule has 0 spiro atoms. The van der Waals surface area contributed by atoms with Crippen molar-refractivity contribution in [2.45, 2.75) is 27.7 Å². The third-order valence-electron chi connectivity index (χ3n) is 8.83. The number of benzene rings is 5. The molecule has 0 N–H and O–H groups in total. The molecule has 210 valence electrons. The predicted molar refractivity (Wildman–Crippen MR) is 182 cm³/mol. The van der Waals surface area contributed by atoms with E-state index >= 15 is 0 Å². The fraction of sp³-hybridized carbons (Fsp3) is 0.100. The van der Waals surface area contributed by atoms with Crippen molar-refractivity contribution < 1.29 is 0 Å². The summed E-state index contributed by atoms with van der Waals surface area (Å²) in [5.74, 6) is 0.820. The van der Waals surface area contributed by atoms with Crippen molar-refractivity contribution in [2.24, 2.45) is 0 Å². The molecule has 4 nitrogen and oxygen atoms in total. The van der Waals surface area contributed by atoms with Gasteiger partial charge in [-0.3, -0.25) is 4.57 Å². The van der Waals surface area contributed by atoms with Crippen LogP contribution in [0.2, 0.25) is 0 Å². The lowest BCUT2D eigenvalue weighted by molar-refractivity contribution is 1.05. The summed E-state index contributed by atoms with van der Waals surface area (Å²) >= 11 is 0. The first-order valence-corrected chi connectivity index (χ1v) is 14.9. The Morgan fingerprint density at radius 1 is 0.523 bits per heavy atom. The summed E-state index contributed by atoms with van der Waals surface area (Å²) in [5, 5.41) is 15.0. The highest BCUT2D eigenvalue weighted by atomic mass is 15.1. The van der Waals surface area contributed by atoms with Gasteiger partial charge in [0.05, 0.1) is 45.6 Å². The molecule has 0 radical (unpaired) electrons. The normalized spacial score (nSPS) is 11.6. The Hall–Kier alpha value is -5.66. The number of hydrogen-bond donors (Lipinski definition) is 0. The summed E-state index contributed by atoms with van der Waals surface area (Å²) in [6.07, 6.45) is 1.99. The van der Waals surface area contributed by atoms with Gasteiger partial charge >= 0.3 is 0 Å². The van der Waals surface area contributed by atoms with Crippen LogP contribution in [-0.2, 0) is 0 Å². The van der Waals surface area contributed by atoms with Gasteiger partial charge in [-0.1, -0.05) is 66.7 Å². The lowest BCUT2D eigenvalue weighted by Crippen LogP contribution is -2.04. The average Bonchev–Trinajstić information content (AvgIpc) is 3.51. The maximum Gasteiger partial charge on any atom is 0.138 e. The zero-order valence-electron chi connectivity index (χ0n) is 25.2. The van der Waals surface area contributed by atoms with Crippen LogP contribution in [-0.4, -0.2) is 14.1 Å². The lowest BCUT2D eigenvalue weighted by atomic mass is 9.99. The van der Waals surface area contributed by atoms with E-state index in [0.29, 0.717) is 5.56 Å². The first-order valence-electron chi connectivity index (χ1n) is 14.9. The van der Waals surface area contributed by atoms with E-state index in [1.54, 1.807) is 0 Å². The van der Waals surface area contributed by atoms with Gasteiger partial charge in [-0.2, -0.15) is 5.26 Å². The Morgan fingerprint density at radius 2 is 0.977 bits per heavy atom. The summed E-state index contributed by atoms with van der Waals surface area (Å²) < 4.78 is 4.60. The molecule has 0 fully saturated rings. The van der Waals surface area contributed by atoms with Gasteiger partial charge in [-0.25, -0.2) is 4.98 Å². The number of fused-ring (bicyclic) bond motifs is 6. The van der Waals surface area contributed by atoms with Crippen LogP contribution in [0.1, 0.15) is 27.8 Å². The van der Waals surface area contributed by atoms with Crippen molar-refractivity contribution in [1.82, 2.24) is 14.1 Å². The second-order valence-electron chi connectivity index (χ2n) is 12.0. The number of hydrogen-bond acceptors (Lipinski definition) is 2. The Balaban J connectivity index is 1.52. The molecule has 4 heteroatoms. The van der Waals surface area contributed by atoms with Gasteiger partial charge in [0, 0.05) is 32.7 Å². The van der Waals surface area contributed by atoms with Gasteiger partial charge in [0.25, 0.3) is 0 Å². The van der Waals surface area contributed by atoms with Crippen molar-refractivity contribution in [3.63, 3.8) is 0 Å². The molecule has 44 heavy (non-hydrogen) atoms. The van der Waals surface area contributed by atoms with Crippen LogP contribution < -0.4 is 0 Å². The topological polar surface area (TPSA) is 46.5 Å². The van der Waals surface area contributed by atoms with E-state index in [4.69, 9.17) is 4.98 Å². The van der Waals surface area contributed by atoms with Crippen LogP contribution in [0.3, 0.4) is 0 Å². The maximum atomic E-state index is 10.2. The molecular formula is C40H30N4. The van der Waals surface area contributed by atoms with Crippen molar-refractivity contribution in [2.75, 3.05) is 0 Å². The minimum absolute atomic E-state index is 0.632. The van der Waals surface area contributed by atoms with Crippen molar-refractivity contribution in [1.29, 1.82) is 5.26 Å². The molecule has 0 saturated carbocycles. The first kappa shape index (κ1) is 26.0. The van der Waals surface area contributed by atoms with E-state index in [1.165, 1.54) is 43.8 Å². The van der Waals surface area contributed by atoms with Crippen molar-refractivity contribution in [3.05, 3.63) is 137 Å². The fourth-order valence-corrected chi connectivity index (χ4v) is 6.75. The Bertz CT molecular complexity index is 2380. The number of aromatic nitrogens is 3. The molecule has 0 unspecified atom stereocenters. The Morgan fingerprint density at radius 3 is 1.45 bits per heavy atom. The highest BCUT2D eigenvalue weighted by molar-refractivity contribution is 6.11. The molecule has 0 saturated heterocycles. The molecule has 5 aromatic carbocycles. The second-order valence-corrected chi connectivity index (χ2v) is 12.0. The van der Waals surface area contributed by atoms with E-state index < -0.39 is 0 Å². The number of pyridine rings is 1. The van der Waals surface area contributed by atoms with Crippen LogP contribution in [0.5, 0.6) is 0 Å². The quantitative estimate of drug-likeness (QED) is 0.214. The molecule has 3 aromatic heterocycles. The number of nitrogens with zero attached hydrogens (tertiary/aromatic N) is 4.